The number of likely N-dealkylation sites (tertiary alicyclic amines) is 1. The summed E-state index contributed by atoms with van der Waals surface area (Å²) < 4.78 is 43.6. The first-order valence-corrected chi connectivity index (χ1v) is 18.0. The number of halogens is 3. The average Bonchev–Trinajstić information content (AvgIpc) is 3.57. The highest BCUT2D eigenvalue weighted by Crippen LogP contribution is 2.45. The normalized spacial score (nSPS) is 20.0. The van der Waals surface area contributed by atoms with Gasteiger partial charge in [0.25, 0.3) is 0 Å². The molecule has 4 aromatic rings. The van der Waals surface area contributed by atoms with Gasteiger partial charge in [-0.05, 0) is 68.2 Å². The van der Waals surface area contributed by atoms with Crippen molar-refractivity contribution in [2.24, 2.45) is 0 Å². The second-order valence-corrected chi connectivity index (χ2v) is 15.0. The van der Waals surface area contributed by atoms with Gasteiger partial charge in [-0.1, -0.05) is 18.0 Å². The summed E-state index contributed by atoms with van der Waals surface area (Å²) in [4.78, 5) is 14.5. The molecular weight excluding hydrogens is 630 g/mol. The van der Waals surface area contributed by atoms with E-state index in [1.54, 1.807) is 6.07 Å². The van der Waals surface area contributed by atoms with E-state index < -0.39 is 12.6 Å². The van der Waals surface area contributed by atoms with Crippen molar-refractivity contribution in [2.75, 3.05) is 50.8 Å². The van der Waals surface area contributed by atoms with E-state index in [1.165, 1.54) is 35.7 Å². The molecule has 8 nitrogen and oxygen atoms in total. The molecule has 46 heavy (non-hydrogen) atoms. The maximum Gasteiger partial charge on any atom is 0.393 e. The van der Waals surface area contributed by atoms with Gasteiger partial charge in [-0.2, -0.15) is 18.4 Å². The zero-order chi connectivity index (χ0) is 32.1. The number of piperazine rings is 1. The first kappa shape index (κ1) is 31.7. The van der Waals surface area contributed by atoms with Crippen LogP contribution in [0.1, 0.15) is 47.4 Å². The van der Waals surface area contributed by atoms with Crippen LogP contribution in [-0.4, -0.2) is 91.9 Å². The predicted octanol–water partition coefficient (Wildman–Crippen LogP) is 6.44. The molecule has 2 saturated heterocycles. The number of aryl methyl sites for hydroxylation is 1. The molecule has 0 unspecified atom stereocenters. The molecule has 0 atom stereocenters. The number of alkyl halides is 3. The Balaban J connectivity index is 1.00. The fourth-order valence-electron chi connectivity index (χ4n) is 7.29. The highest BCUT2D eigenvalue weighted by Gasteiger charge is 2.49. The Morgan fingerprint density at radius 2 is 1.83 bits per heavy atom. The van der Waals surface area contributed by atoms with Crippen LogP contribution >= 0.6 is 23.3 Å². The molecule has 1 saturated carbocycles. The molecule has 0 bridgehead atoms. The third-order valence-corrected chi connectivity index (χ3v) is 12.0. The number of rotatable bonds is 9. The van der Waals surface area contributed by atoms with Gasteiger partial charge in [-0.3, -0.25) is 9.80 Å². The van der Waals surface area contributed by atoms with Crippen LogP contribution in [0.25, 0.3) is 21.1 Å². The summed E-state index contributed by atoms with van der Waals surface area (Å²) in [6.07, 6.45) is 2.58. The van der Waals surface area contributed by atoms with Gasteiger partial charge in [-0.15, -0.1) is 11.3 Å². The van der Waals surface area contributed by atoms with Crippen molar-refractivity contribution in [3.05, 3.63) is 52.3 Å². The molecule has 3 aliphatic rings. The van der Waals surface area contributed by atoms with Gasteiger partial charge in [0.15, 0.2) is 0 Å². The minimum Gasteiger partial charge on any atom is -0.367 e. The second-order valence-electron chi connectivity index (χ2n) is 13.0. The summed E-state index contributed by atoms with van der Waals surface area (Å²) in [5.74, 6) is 0.613. The quantitative estimate of drug-likeness (QED) is 0.205. The molecular formula is C33H39F3N8S2. The van der Waals surface area contributed by atoms with Crippen LogP contribution in [0.2, 0.25) is 0 Å². The molecule has 1 aromatic carbocycles. The molecule has 244 valence electrons. The van der Waals surface area contributed by atoms with Gasteiger partial charge in [0.2, 0.25) is 0 Å². The van der Waals surface area contributed by atoms with E-state index in [1.807, 2.05) is 11.9 Å². The third kappa shape index (κ3) is 6.47. The van der Waals surface area contributed by atoms with E-state index in [2.05, 4.69) is 71.4 Å². The standard InChI is InChI=1S/C33H39F3N8S2/c1-22-23(3-4-29-27(22)15-25(18-37)44(29)20-32(7-8-32)42-11-13-43(45-2)14-12-42)19-41-9-5-24(6-10-41)40-30-28-16-26(17-33(34,35)36)46-31(28)39-21-38-30/h3-4,15-16,21,24H,5-14,17,19-20H2,1-2H3,(H,38,39,40). The maximum absolute atomic E-state index is 13.0. The molecule has 0 amide bonds. The monoisotopic (exact) mass is 668 g/mol. The SMILES string of the molecule is CSN1CCN(C2(Cn3c(C#N)cc4c(C)c(CN5CCC(Nc6ncnc7sc(CC(F)(F)F)cc67)CC5)ccc43)CC2)CC1. The van der Waals surface area contributed by atoms with E-state index in [-0.39, 0.29) is 16.5 Å². The Kier molecular flexibility index (Phi) is 8.69. The zero-order valence-corrected chi connectivity index (χ0v) is 27.9. The van der Waals surface area contributed by atoms with E-state index in [0.29, 0.717) is 16.0 Å². The molecule has 2 aliphatic heterocycles. The molecule has 0 spiro atoms. The third-order valence-electron chi connectivity index (χ3n) is 10.1. The van der Waals surface area contributed by atoms with E-state index in [0.717, 1.165) is 87.7 Å². The molecule has 1 aliphatic carbocycles. The smallest absolute Gasteiger partial charge is 0.367 e. The molecule has 7 rings (SSSR count). The number of fused-ring (bicyclic) bond motifs is 2. The lowest BCUT2D eigenvalue weighted by Crippen LogP contribution is -2.51. The van der Waals surface area contributed by atoms with Crippen LogP contribution in [0, 0.1) is 18.3 Å². The number of hydrogen-bond donors (Lipinski definition) is 1. The van der Waals surface area contributed by atoms with Gasteiger partial charge >= 0.3 is 6.18 Å². The van der Waals surface area contributed by atoms with Crippen LogP contribution in [-0.2, 0) is 19.5 Å². The van der Waals surface area contributed by atoms with E-state index in [4.69, 9.17) is 0 Å². The molecule has 1 N–H and O–H groups in total. The zero-order valence-electron chi connectivity index (χ0n) is 26.2. The largest absolute Gasteiger partial charge is 0.393 e. The van der Waals surface area contributed by atoms with Gasteiger partial charge in [0.1, 0.15) is 28.7 Å². The number of nitrogens with one attached hydrogen (secondary N) is 1. The van der Waals surface area contributed by atoms with Crippen molar-refractivity contribution in [1.82, 2.24) is 28.6 Å². The number of nitriles is 1. The van der Waals surface area contributed by atoms with Gasteiger partial charge in [-0.25, -0.2) is 14.3 Å². The van der Waals surface area contributed by atoms with E-state index in [9.17, 15) is 18.4 Å². The number of thiophene rings is 1. The minimum absolute atomic E-state index is 0.166. The molecule has 5 heterocycles. The number of hydrogen-bond acceptors (Lipinski definition) is 9. The fourth-order valence-corrected chi connectivity index (χ4v) is 8.84. The van der Waals surface area contributed by atoms with Gasteiger partial charge in [0, 0.05) is 79.7 Å². The van der Waals surface area contributed by atoms with Crippen LogP contribution < -0.4 is 5.32 Å². The van der Waals surface area contributed by atoms with Crippen molar-refractivity contribution in [3.8, 4) is 6.07 Å². The molecule has 3 aromatic heterocycles. The Labute approximate surface area is 275 Å². The van der Waals surface area contributed by atoms with E-state index >= 15 is 0 Å². The lowest BCUT2D eigenvalue weighted by molar-refractivity contribution is -0.126. The summed E-state index contributed by atoms with van der Waals surface area (Å²) >= 11 is 2.91. The molecule has 13 heteroatoms. The number of anilines is 1. The summed E-state index contributed by atoms with van der Waals surface area (Å²) in [5, 5.41) is 15.4. The highest BCUT2D eigenvalue weighted by atomic mass is 32.2. The predicted molar refractivity (Wildman–Crippen MR) is 179 cm³/mol. The van der Waals surface area contributed by atoms with Crippen molar-refractivity contribution in [1.29, 1.82) is 5.26 Å². The fraction of sp³-hybridized carbons (Fsp3) is 0.545. The summed E-state index contributed by atoms with van der Waals surface area (Å²) in [7, 11) is 0. The topological polar surface area (TPSA) is 76.2 Å². The van der Waals surface area contributed by atoms with Crippen LogP contribution in [0.3, 0.4) is 0 Å². The van der Waals surface area contributed by atoms with Crippen molar-refractivity contribution in [2.45, 2.75) is 69.9 Å². The van der Waals surface area contributed by atoms with Crippen molar-refractivity contribution < 1.29 is 13.2 Å². The first-order valence-electron chi connectivity index (χ1n) is 16.0. The Morgan fingerprint density at radius 3 is 2.50 bits per heavy atom. The molecule has 0 radical (unpaired) electrons. The Bertz CT molecular complexity index is 1760. The molecule has 3 fully saturated rings. The second kappa shape index (κ2) is 12.6. The lowest BCUT2D eigenvalue weighted by atomic mass is 10.0. The van der Waals surface area contributed by atoms with Crippen molar-refractivity contribution in [3.63, 3.8) is 0 Å². The Hall–Kier alpha value is -2.89. The Morgan fingerprint density at radius 1 is 1.07 bits per heavy atom. The summed E-state index contributed by atoms with van der Waals surface area (Å²) in [6.45, 7) is 10.0. The summed E-state index contributed by atoms with van der Waals surface area (Å²) in [5.41, 5.74) is 4.58. The van der Waals surface area contributed by atoms with Crippen LogP contribution in [0.4, 0.5) is 19.0 Å². The minimum atomic E-state index is -4.25. The van der Waals surface area contributed by atoms with Crippen LogP contribution in [0.5, 0.6) is 0 Å². The number of nitrogens with zero attached hydrogens (tertiary/aromatic N) is 7. The summed E-state index contributed by atoms with van der Waals surface area (Å²) in [6, 6.07) is 10.8. The van der Waals surface area contributed by atoms with Crippen LogP contribution in [0.15, 0.2) is 30.6 Å². The average molecular weight is 669 g/mol. The maximum atomic E-state index is 13.0. The van der Waals surface area contributed by atoms with Gasteiger partial charge < -0.3 is 9.88 Å². The first-order chi connectivity index (χ1) is 22.1. The number of aromatic nitrogens is 3. The van der Waals surface area contributed by atoms with Gasteiger partial charge in [0.05, 0.1) is 11.8 Å². The number of benzene rings is 1. The lowest BCUT2D eigenvalue weighted by Gasteiger charge is -2.39. The highest BCUT2D eigenvalue weighted by molar-refractivity contribution is 7.96. The number of piperidine rings is 1. The van der Waals surface area contributed by atoms with Crippen molar-refractivity contribution >= 4 is 50.2 Å².